The zero-order valence-electron chi connectivity index (χ0n) is 16.7. The molecule has 2 aromatic carbocycles. The summed E-state index contributed by atoms with van der Waals surface area (Å²) in [6.45, 7) is 2.63. The Bertz CT molecular complexity index is 973. The average molecular weight is 437 g/mol. The van der Waals surface area contributed by atoms with Gasteiger partial charge in [0.05, 0.1) is 12.0 Å². The highest BCUT2D eigenvalue weighted by atomic mass is 35.5. The molecule has 0 saturated heterocycles. The number of nitrogens with one attached hydrogen (secondary N) is 1. The van der Waals surface area contributed by atoms with Gasteiger partial charge in [-0.2, -0.15) is 0 Å². The van der Waals surface area contributed by atoms with Gasteiger partial charge in [-0.15, -0.1) is 0 Å². The number of carbonyl (C=O) groups excluding carboxylic acids is 1. The number of halogens is 1. The number of hydrogen-bond donors (Lipinski definition) is 1. The van der Waals surface area contributed by atoms with Crippen LogP contribution in [0.15, 0.2) is 53.4 Å². The zero-order chi connectivity index (χ0) is 21.4. The molecule has 0 radical (unpaired) electrons. The Labute approximate surface area is 177 Å². The van der Waals surface area contributed by atoms with E-state index in [1.807, 2.05) is 6.92 Å². The highest BCUT2D eigenvalue weighted by Crippen LogP contribution is 2.23. The van der Waals surface area contributed by atoms with E-state index in [1.165, 1.54) is 23.1 Å². The van der Waals surface area contributed by atoms with Gasteiger partial charge in [0.1, 0.15) is 5.75 Å². The van der Waals surface area contributed by atoms with Crippen molar-refractivity contribution in [2.75, 3.05) is 20.7 Å². The lowest BCUT2D eigenvalue weighted by Gasteiger charge is -2.17. The molecule has 0 heterocycles. The first-order valence-electron chi connectivity index (χ1n) is 9.12. The first kappa shape index (κ1) is 22.9. The number of nitrogens with zero attached hydrogens (tertiary/aromatic N) is 1. The normalized spacial score (nSPS) is 11.6. The summed E-state index contributed by atoms with van der Waals surface area (Å²) in [4.78, 5) is 14.1. The molecular weight excluding hydrogens is 412 g/mol. The molecule has 0 saturated carbocycles. The maximum Gasteiger partial charge on any atom is 0.246 e. The van der Waals surface area contributed by atoms with Gasteiger partial charge in [-0.1, -0.05) is 30.7 Å². The van der Waals surface area contributed by atoms with E-state index in [1.54, 1.807) is 50.6 Å². The van der Waals surface area contributed by atoms with Gasteiger partial charge in [0.2, 0.25) is 15.9 Å². The van der Waals surface area contributed by atoms with E-state index < -0.39 is 10.0 Å². The molecule has 0 aliphatic rings. The number of likely N-dealkylation sites (N-methyl/N-ethyl adjacent to an activating group) is 1. The van der Waals surface area contributed by atoms with Crippen molar-refractivity contribution in [1.82, 2.24) is 9.62 Å². The van der Waals surface area contributed by atoms with E-state index in [2.05, 4.69) is 4.72 Å². The molecule has 0 spiro atoms. The second-order valence-electron chi connectivity index (χ2n) is 6.45. The molecule has 2 aromatic rings. The SMILES string of the molecule is CCCNS(=O)(=O)c1ccc(/C=C/C(=O)N(C)Cc2cc(Cl)ccc2OC)cc1. The van der Waals surface area contributed by atoms with E-state index in [0.29, 0.717) is 23.9 Å². The second kappa shape index (κ2) is 10.4. The molecule has 0 fully saturated rings. The number of hydrogen-bond acceptors (Lipinski definition) is 4. The Balaban J connectivity index is 2.04. The average Bonchev–Trinajstić information content (AvgIpc) is 2.71. The van der Waals surface area contributed by atoms with Crippen LogP contribution in [-0.2, 0) is 21.4 Å². The van der Waals surface area contributed by atoms with Gasteiger partial charge in [-0.3, -0.25) is 4.79 Å². The maximum absolute atomic E-state index is 12.4. The molecule has 6 nitrogen and oxygen atoms in total. The summed E-state index contributed by atoms with van der Waals surface area (Å²) < 4.78 is 32.0. The fraction of sp³-hybridized carbons (Fsp3) is 0.286. The van der Waals surface area contributed by atoms with Gasteiger partial charge in [0.25, 0.3) is 0 Å². The first-order chi connectivity index (χ1) is 13.8. The molecule has 0 unspecified atom stereocenters. The maximum atomic E-state index is 12.4. The summed E-state index contributed by atoms with van der Waals surface area (Å²) in [6, 6.07) is 11.6. The van der Waals surface area contributed by atoms with E-state index >= 15 is 0 Å². The molecule has 0 atom stereocenters. The van der Waals surface area contributed by atoms with Gasteiger partial charge in [0.15, 0.2) is 0 Å². The summed E-state index contributed by atoms with van der Waals surface area (Å²) in [5.74, 6) is 0.458. The van der Waals surface area contributed by atoms with Crippen LogP contribution in [0.5, 0.6) is 5.75 Å². The van der Waals surface area contributed by atoms with Crippen LogP contribution in [0.4, 0.5) is 0 Å². The number of rotatable bonds is 9. The van der Waals surface area contributed by atoms with Crippen LogP contribution in [0.2, 0.25) is 5.02 Å². The van der Waals surface area contributed by atoms with Crippen molar-refractivity contribution < 1.29 is 17.9 Å². The Morgan fingerprint density at radius 1 is 1.21 bits per heavy atom. The number of carbonyl (C=O) groups is 1. The predicted molar refractivity (Wildman–Crippen MR) is 115 cm³/mol. The molecule has 8 heteroatoms. The molecular formula is C21H25ClN2O4S. The van der Waals surface area contributed by atoms with Crippen molar-refractivity contribution >= 4 is 33.6 Å². The summed E-state index contributed by atoms with van der Waals surface area (Å²) in [6.07, 6.45) is 3.80. The van der Waals surface area contributed by atoms with Crippen molar-refractivity contribution in [3.63, 3.8) is 0 Å². The lowest BCUT2D eigenvalue weighted by molar-refractivity contribution is -0.125. The fourth-order valence-electron chi connectivity index (χ4n) is 2.58. The highest BCUT2D eigenvalue weighted by molar-refractivity contribution is 7.89. The molecule has 0 aliphatic heterocycles. The lowest BCUT2D eigenvalue weighted by Crippen LogP contribution is -2.24. The summed E-state index contributed by atoms with van der Waals surface area (Å²) in [5, 5.41) is 0.570. The molecule has 1 amide bonds. The van der Waals surface area contributed by atoms with Crippen LogP contribution in [0, 0.1) is 0 Å². The summed E-state index contributed by atoms with van der Waals surface area (Å²) in [5.41, 5.74) is 1.53. The Kier molecular flexibility index (Phi) is 8.25. The zero-order valence-corrected chi connectivity index (χ0v) is 18.3. The molecule has 29 heavy (non-hydrogen) atoms. The van der Waals surface area contributed by atoms with E-state index in [0.717, 1.165) is 17.5 Å². The van der Waals surface area contributed by atoms with Crippen LogP contribution >= 0.6 is 11.6 Å². The number of ether oxygens (including phenoxy) is 1. The van der Waals surface area contributed by atoms with Gasteiger partial charge in [-0.05, 0) is 48.4 Å². The van der Waals surface area contributed by atoms with Crippen LogP contribution in [-0.4, -0.2) is 39.9 Å². The number of sulfonamides is 1. The predicted octanol–water partition coefficient (Wildman–Crippen LogP) is 3.71. The summed E-state index contributed by atoms with van der Waals surface area (Å²) in [7, 11) is -0.252. The minimum absolute atomic E-state index is 0.194. The smallest absolute Gasteiger partial charge is 0.246 e. The highest BCUT2D eigenvalue weighted by Gasteiger charge is 2.13. The Morgan fingerprint density at radius 3 is 2.52 bits per heavy atom. The van der Waals surface area contributed by atoms with Crippen molar-refractivity contribution in [2.24, 2.45) is 0 Å². The third kappa shape index (κ3) is 6.59. The largest absolute Gasteiger partial charge is 0.496 e. The van der Waals surface area contributed by atoms with Gasteiger partial charge < -0.3 is 9.64 Å². The van der Waals surface area contributed by atoms with E-state index in [-0.39, 0.29) is 10.8 Å². The van der Waals surface area contributed by atoms with Crippen LogP contribution in [0.3, 0.4) is 0 Å². The van der Waals surface area contributed by atoms with Gasteiger partial charge >= 0.3 is 0 Å². The molecule has 0 aliphatic carbocycles. The van der Waals surface area contributed by atoms with Gasteiger partial charge in [0, 0.05) is 36.8 Å². The monoisotopic (exact) mass is 436 g/mol. The van der Waals surface area contributed by atoms with Crippen LogP contribution in [0.25, 0.3) is 6.08 Å². The molecule has 0 bridgehead atoms. The third-order valence-corrected chi connectivity index (χ3v) is 5.89. The van der Waals surface area contributed by atoms with Crippen LogP contribution in [0.1, 0.15) is 24.5 Å². The number of benzene rings is 2. The number of amides is 1. The molecule has 156 valence electrons. The van der Waals surface area contributed by atoms with Crippen LogP contribution < -0.4 is 9.46 Å². The Hall–Kier alpha value is -2.35. The van der Waals surface area contributed by atoms with Gasteiger partial charge in [-0.25, -0.2) is 13.1 Å². The van der Waals surface area contributed by atoms with E-state index in [4.69, 9.17) is 16.3 Å². The van der Waals surface area contributed by atoms with Crippen molar-refractivity contribution in [3.8, 4) is 5.75 Å². The van der Waals surface area contributed by atoms with Crippen molar-refractivity contribution in [2.45, 2.75) is 24.8 Å². The quantitative estimate of drug-likeness (QED) is 0.608. The first-order valence-corrected chi connectivity index (χ1v) is 11.0. The molecule has 0 aromatic heterocycles. The molecule has 2 rings (SSSR count). The minimum atomic E-state index is -3.50. The number of methoxy groups -OCH3 is 1. The van der Waals surface area contributed by atoms with Crippen molar-refractivity contribution in [1.29, 1.82) is 0 Å². The standard InChI is InChI=1S/C21H25ClN2O4S/c1-4-13-23-29(26,27)19-9-5-16(6-10-19)7-12-21(25)24(2)15-17-14-18(22)8-11-20(17)28-3/h5-12,14,23H,4,13,15H2,1-3H3/b12-7+. The van der Waals surface area contributed by atoms with E-state index in [9.17, 15) is 13.2 Å². The molecule has 1 N–H and O–H groups in total. The Morgan fingerprint density at radius 2 is 1.90 bits per heavy atom. The summed E-state index contributed by atoms with van der Waals surface area (Å²) >= 11 is 6.03. The minimum Gasteiger partial charge on any atom is -0.496 e. The topological polar surface area (TPSA) is 75.7 Å². The van der Waals surface area contributed by atoms with Crippen molar-refractivity contribution in [3.05, 3.63) is 64.7 Å². The lowest BCUT2D eigenvalue weighted by atomic mass is 10.2. The fourth-order valence-corrected chi connectivity index (χ4v) is 3.91. The second-order valence-corrected chi connectivity index (χ2v) is 8.65. The third-order valence-electron chi connectivity index (χ3n) is 4.18.